The molecule has 0 aliphatic carbocycles. The molecule has 1 aromatic rings. The number of hydrogen-bond acceptors (Lipinski definition) is 6. The second kappa shape index (κ2) is 9.66. The normalized spacial score (nSPS) is 19.4. The molecule has 2 rings (SSSR count). The van der Waals surface area contributed by atoms with Crippen molar-refractivity contribution < 1.29 is 18.3 Å². The van der Waals surface area contributed by atoms with E-state index in [4.69, 9.17) is 9.84 Å². The van der Waals surface area contributed by atoms with Gasteiger partial charge in [0.1, 0.15) is 0 Å². The molecule has 0 spiro atoms. The number of nitrogens with zero attached hydrogens (tertiary/aromatic N) is 3. The van der Waals surface area contributed by atoms with Crippen molar-refractivity contribution in [3.8, 4) is 0 Å². The Morgan fingerprint density at radius 3 is 2.92 bits per heavy atom. The smallest absolute Gasteiger partial charge is 0.227 e. The molecule has 1 fully saturated rings. The highest BCUT2D eigenvalue weighted by Gasteiger charge is 2.24. The van der Waals surface area contributed by atoms with Gasteiger partial charge in [-0.1, -0.05) is 6.92 Å². The van der Waals surface area contributed by atoms with Crippen LogP contribution in [0.25, 0.3) is 0 Å². The van der Waals surface area contributed by atoms with Crippen LogP contribution in [-0.2, 0) is 27.7 Å². The summed E-state index contributed by atoms with van der Waals surface area (Å²) in [6.45, 7) is 5.54. The Labute approximate surface area is 150 Å². The van der Waals surface area contributed by atoms with Crippen molar-refractivity contribution in [2.75, 3.05) is 39.2 Å². The van der Waals surface area contributed by atoms with Crippen molar-refractivity contribution in [3.05, 3.63) is 11.9 Å². The molecule has 1 saturated heterocycles. The number of sulfone groups is 1. The van der Waals surface area contributed by atoms with E-state index in [-0.39, 0.29) is 17.5 Å². The molecular weight excluding hydrogens is 342 g/mol. The first-order chi connectivity index (χ1) is 12.0. The zero-order chi connectivity index (χ0) is 18.3. The Morgan fingerprint density at radius 2 is 2.24 bits per heavy atom. The third-order valence-corrected chi connectivity index (χ3v) is 6.48. The van der Waals surface area contributed by atoms with Crippen LogP contribution in [0.4, 0.5) is 0 Å². The van der Waals surface area contributed by atoms with Gasteiger partial charge in [0.2, 0.25) is 15.0 Å². The molecule has 1 aliphatic heterocycles. The number of methoxy groups -OCH3 is 1. The van der Waals surface area contributed by atoms with Crippen molar-refractivity contribution in [2.45, 2.75) is 50.9 Å². The minimum atomic E-state index is -3.35. The summed E-state index contributed by atoms with van der Waals surface area (Å²) in [4.78, 5) is 6.57. The lowest BCUT2D eigenvalue weighted by atomic mass is 9.93. The van der Waals surface area contributed by atoms with Crippen molar-refractivity contribution in [2.24, 2.45) is 5.92 Å². The van der Waals surface area contributed by atoms with Crippen LogP contribution in [0.1, 0.15) is 38.3 Å². The highest BCUT2D eigenvalue weighted by atomic mass is 32.2. The molecule has 1 aliphatic rings. The van der Waals surface area contributed by atoms with E-state index in [2.05, 4.69) is 9.88 Å². The van der Waals surface area contributed by atoms with Gasteiger partial charge in [-0.05, 0) is 38.1 Å². The van der Waals surface area contributed by atoms with Gasteiger partial charge in [0.05, 0.1) is 24.3 Å². The quantitative estimate of drug-likeness (QED) is 0.666. The molecule has 0 aromatic carbocycles. The number of hydrogen-bond donors (Lipinski definition) is 1. The Kier molecular flexibility index (Phi) is 7.86. The van der Waals surface area contributed by atoms with E-state index in [0.717, 1.165) is 38.0 Å². The summed E-state index contributed by atoms with van der Waals surface area (Å²) in [5.41, 5.74) is 0.923. The maximum absolute atomic E-state index is 12.3. The van der Waals surface area contributed by atoms with Gasteiger partial charge >= 0.3 is 0 Å². The third kappa shape index (κ3) is 5.51. The molecule has 25 heavy (non-hydrogen) atoms. The second-order valence-electron chi connectivity index (χ2n) is 6.69. The van der Waals surface area contributed by atoms with Crippen molar-refractivity contribution in [1.82, 2.24) is 14.5 Å². The van der Waals surface area contributed by atoms with Gasteiger partial charge < -0.3 is 14.4 Å². The van der Waals surface area contributed by atoms with Crippen LogP contribution in [0.5, 0.6) is 0 Å². The third-order valence-electron chi connectivity index (χ3n) is 4.84. The summed E-state index contributed by atoms with van der Waals surface area (Å²) in [6.07, 6.45) is 5.93. The number of likely N-dealkylation sites (tertiary alicyclic amines) is 1. The topological polar surface area (TPSA) is 84.7 Å². The number of rotatable bonds is 10. The summed E-state index contributed by atoms with van der Waals surface area (Å²) < 4.78 is 31.5. The van der Waals surface area contributed by atoms with Crippen LogP contribution < -0.4 is 0 Å². The second-order valence-corrected chi connectivity index (χ2v) is 8.86. The Bertz CT molecular complexity index is 630. The maximum Gasteiger partial charge on any atom is 0.227 e. The number of aliphatic hydroxyl groups is 1. The van der Waals surface area contributed by atoms with E-state index in [1.807, 2.05) is 0 Å². The fraction of sp³-hybridized carbons (Fsp3) is 0.824. The average Bonchev–Trinajstić information content (AvgIpc) is 3.01. The van der Waals surface area contributed by atoms with Crippen molar-refractivity contribution >= 4 is 9.84 Å². The average molecular weight is 374 g/mol. The fourth-order valence-electron chi connectivity index (χ4n) is 3.46. The fourth-order valence-corrected chi connectivity index (χ4v) is 4.47. The summed E-state index contributed by atoms with van der Waals surface area (Å²) in [7, 11) is -1.74. The van der Waals surface area contributed by atoms with Crippen LogP contribution in [0.2, 0.25) is 0 Å². The predicted octanol–water partition coefficient (Wildman–Crippen LogP) is 1.31. The number of aromatic nitrogens is 2. The van der Waals surface area contributed by atoms with Gasteiger partial charge in [0.25, 0.3) is 0 Å². The lowest BCUT2D eigenvalue weighted by molar-refractivity contribution is 0.147. The van der Waals surface area contributed by atoms with Gasteiger partial charge in [0, 0.05) is 33.4 Å². The zero-order valence-electron chi connectivity index (χ0n) is 15.4. The van der Waals surface area contributed by atoms with Crippen LogP contribution in [0, 0.1) is 5.92 Å². The van der Waals surface area contributed by atoms with Gasteiger partial charge in [-0.25, -0.2) is 13.4 Å². The number of piperidine rings is 1. The van der Waals surface area contributed by atoms with Gasteiger partial charge in [0.15, 0.2) is 0 Å². The molecule has 1 N–H and O–H groups in total. The molecule has 0 unspecified atom stereocenters. The monoisotopic (exact) mass is 373 g/mol. The molecule has 7 nitrogen and oxygen atoms in total. The van der Waals surface area contributed by atoms with E-state index >= 15 is 0 Å². The van der Waals surface area contributed by atoms with Gasteiger partial charge in [-0.2, -0.15) is 0 Å². The summed E-state index contributed by atoms with van der Waals surface area (Å²) in [5, 5.41) is 9.17. The van der Waals surface area contributed by atoms with E-state index in [9.17, 15) is 8.42 Å². The Hall–Kier alpha value is -0.960. The minimum Gasteiger partial charge on any atom is -0.396 e. The first-order valence-electron chi connectivity index (χ1n) is 9.11. The molecule has 0 radical (unpaired) electrons. The van der Waals surface area contributed by atoms with Crippen LogP contribution in [-0.4, -0.2) is 67.1 Å². The van der Waals surface area contributed by atoms with E-state index in [1.54, 1.807) is 24.8 Å². The Balaban J connectivity index is 2.12. The molecule has 1 aromatic heterocycles. The molecule has 0 amide bonds. The number of imidazole rings is 1. The standard InChI is InChI=1S/C17H31N3O4S/c1-3-25(22,23)17-18-12-16(20(17)9-11-24-2)14-19-8-4-6-15(13-19)7-5-10-21/h12,15,21H,3-11,13-14H2,1-2H3/t15-/m0/s1. The Morgan fingerprint density at radius 1 is 1.44 bits per heavy atom. The molecule has 0 bridgehead atoms. The first kappa shape index (κ1) is 20.4. The highest BCUT2D eigenvalue weighted by molar-refractivity contribution is 7.91. The van der Waals surface area contributed by atoms with Crippen molar-refractivity contribution in [3.63, 3.8) is 0 Å². The van der Waals surface area contributed by atoms with Crippen LogP contribution in [0.15, 0.2) is 11.4 Å². The van der Waals surface area contributed by atoms with Crippen molar-refractivity contribution in [1.29, 1.82) is 0 Å². The molecule has 144 valence electrons. The van der Waals surface area contributed by atoms with Crippen LogP contribution in [0.3, 0.4) is 0 Å². The maximum atomic E-state index is 12.3. The lowest BCUT2D eigenvalue weighted by Crippen LogP contribution is -2.35. The molecule has 2 heterocycles. The first-order valence-corrected chi connectivity index (χ1v) is 10.8. The summed E-state index contributed by atoms with van der Waals surface area (Å²) >= 11 is 0. The summed E-state index contributed by atoms with van der Waals surface area (Å²) in [5.74, 6) is 0.652. The summed E-state index contributed by atoms with van der Waals surface area (Å²) in [6, 6.07) is 0. The number of aliphatic hydroxyl groups excluding tert-OH is 1. The van der Waals surface area contributed by atoms with E-state index in [1.165, 1.54) is 6.42 Å². The van der Waals surface area contributed by atoms with Crippen LogP contribution >= 0.6 is 0 Å². The lowest BCUT2D eigenvalue weighted by Gasteiger charge is -2.32. The van der Waals surface area contributed by atoms with E-state index < -0.39 is 9.84 Å². The molecule has 8 heteroatoms. The van der Waals surface area contributed by atoms with Gasteiger partial charge in [-0.3, -0.25) is 4.90 Å². The SMILES string of the molecule is CCS(=O)(=O)c1ncc(CN2CCC[C@@H](CCCO)C2)n1CCOC. The molecular formula is C17H31N3O4S. The largest absolute Gasteiger partial charge is 0.396 e. The molecule has 1 atom stereocenters. The van der Waals surface area contributed by atoms with Gasteiger partial charge in [-0.15, -0.1) is 0 Å². The minimum absolute atomic E-state index is 0.0450. The zero-order valence-corrected chi connectivity index (χ0v) is 16.2. The van der Waals surface area contributed by atoms with E-state index in [0.29, 0.717) is 25.6 Å². The highest BCUT2D eigenvalue weighted by Crippen LogP contribution is 2.23. The molecule has 0 saturated carbocycles. The number of ether oxygens (including phenoxy) is 1. The predicted molar refractivity (Wildman–Crippen MR) is 96.2 cm³/mol.